The van der Waals surface area contributed by atoms with Gasteiger partial charge in [0.15, 0.2) is 0 Å². The van der Waals surface area contributed by atoms with Gasteiger partial charge in [0.25, 0.3) is 0 Å². The van der Waals surface area contributed by atoms with Gasteiger partial charge in [-0.1, -0.05) is 27.7 Å². The van der Waals surface area contributed by atoms with Crippen LogP contribution in [0.25, 0.3) is 0 Å². The van der Waals surface area contributed by atoms with Gasteiger partial charge < -0.3 is 38.3 Å². The van der Waals surface area contributed by atoms with Crippen molar-refractivity contribution in [2.24, 2.45) is 29.0 Å². The molecule has 0 radical (unpaired) electrons. The molecular weight excluding hydrogens is 420 g/mol. The van der Waals surface area contributed by atoms with Gasteiger partial charge in [-0.05, 0) is 37.6 Å². The first-order valence-electron chi connectivity index (χ1n) is 10.7. The number of hydrogen-bond donors (Lipinski definition) is 7. The fourth-order valence-electron chi connectivity index (χ4n) is 2.90. The molecule has 0 aliphatic carbocycles. The summed E-state index contributed by atoms with van der Waals surface area (Å²) in [4.78, 5) is 60.3. The molecule has 4 unspecified atom stereocenters. The van der Waals surface area contributed by atoms with Crippen LogP contribution >= 0.6 is 0 Å². The monoisotopic (exact) mass is 458 g/mol. The van der Waals surface area contributed by atoms with Crippen LogP contribution in [0.1, 0.15) is 53.4 Å². The number of nitrogens with one attached hydrogen (secondary N) is 3. The Morgan fingerprint density at radius 1 is 0.812 bits per heavy atom. The van der Waals surface area contributed by atoms with Crippen LogP contribution < -0.4 is 33.2 Å². The molecule has 12 nitrogen and oxygen atoms in total. The molecule has 0 aliphatic heterocycles. The van der Waals surface area contributed by atoms with E-state index in [0.29, 0.717) is 19.4 Å². The number of primary amides is 1. The Hall–Kier alpha value is -2.73. The standard InChI is InChI=1S/C20H38N6O6/c1-10(2)15(25-17(28)12(22)9-14(23)27)19(30)24-13(7-5-6-8-21)18(29)26-16(11(3)4)20(31)32/h10-13,15-16H,5-9,21-22H2,1-4H3,(H2,23,27)(H,24,30)(H,25,28)(H,26,29)(H,31,32). The van der Waals surface area contributed by atoms with Crippen LogP contribution in [0.15, 0.2) is 0 Å². The molecule has 0 fully saturated rings. The first kappa shape index (κ1) is 29.3. The lowest BCUT2D eigenvalue weighted by atomic mass is 10.00. The number of nitrogens with two attached hydrogens (primary N) is 3. The van der Waals surface area contributed by atoms with E-state index in [4.69, 9.17) is 17.2 Å². The largest absolute Gasteiger partial charge is 0.480 e. The molecule has 0 saturated carbocycles. The van der Waals surface area contributed by atoms with Gasteiger partial charge >= 0.3 is 5.97 Å². The average molecular weight is 459 g/mol. The number of carboxylic acid groups (broad SMARTS) is 1. The number of amides is 4. The minimum absolute atomic E-state index is 0.235. The molecular formula is C20H38N6O6. The maximum atomic E-state index is 12.9. The first-order valence-corrected chi connectivity index (χ1v) is 10.7. The third kappa shape index (κ3) is 10.5. The topological polar surface area (TPSA) is 220 Å². The zero-order valence-electron chi connectivity index (χ0n) is 19.2. The third-order valence-electron chi connectivity index (χ3n) is 4.82. The SMILES string of the molecule is CC(C)C(NC(=O)C(CCCCN)NC(=O)C(NC(=O)C(N)CC(N)=O)C(C)C)C(=O)O. The van der Waals surface area contributed by atoms with Crippen molar-refractivity contribution in [2.45, 2.75) is 77.5 Å². The van der Waals surface area contributed by atoms with Crippen LogP contribution in [0.2, 0.25) is 0 Å². The summed E-state index contributed by atoms with van der Waals surface area (Å²) in [6, 6.07) is -4.39. The van der Waals surface area contributed by atoms with E-state index in [9.17, 15) is 29.1 Å². The molecule has 12 heteroatoms. The first-order chi connectivity index (χ1) is 14.8. The van der Waals surface area contributed by atoms with E-state index in [1.165, 1.54) is 0 Å². The van der Waals surface area contributed by atoms with Crippen molar-refractivity contribution in [3.8, 4) is 0 Å². The highest BCUT2D eigenvalue weighted by molar-refractivity contribution is 5.95. The Morgan fingerprint density at radius 2 is 1.34 bits per heavy atom. The van der Waals surface area contributed by atoms with Crippen molar-refractivity contribution in [1.82, 2.24) is 16.0 Å². The van der Waals surface area contributed by atoms with Crippen LogP contribution in [-0.2, 0) is 24.0 Å². The van der Waals surface area contributed by atoms with Gasteiger partial charge in [-0.2, -0.15) is 0 Å². The van der Waals surface area contributed by atoms with E-state index >= 15 is 0 Å². The second kappa shape index (κ2) is 14.4. The van der Waals surface area contributed by atoms with Crippen molar-refractivity contribution >= 4 is 29.6 Å². The van der Waals surface area contributed by atoms with Gasteiger partial charge in [-0.25, -0.2) is 4.79 Å². The summed E-state index contributed by atoms with van der Waals surface area (Å²) in [5.41, 5.74) is 16.2. The molecule has 0 aromatic rings. The highest BCUT2D eigenvalue weighted by Gasteiger charge is 2.32. The number of aliphatic carboxylic acids is 1. The summed E-state index contributed by atoms with van der Waals surface area (Å²) in [5.74, 6) is -4.68. The van der Waals surface area contributed by atoms with Crippen molar-refractivity contribution < 1.29 is 29.1 Å². The Morgan fingerprint density at radius 3 is 1.78 bits per heavy atom. The van der Waals surface area contributed by atoms with Gasteiger partial charge in [-0.3, -0.25) is 19.2 Å². The van der Waals surface area contributed by atoms with Crippen LogP contribution in [0.5, 0.6) is 0 Å². The highest BCUT2D eigenvalue weighted by Crippen LogP contribution is 2.08. The number of unbranched alkanes of at least 4 members (excludes halogenated alkanes) is 1. The highest BCUT2D eigenvalue weighted by atomic mass is 16.4. The summed E-state index contributed by atoms with van der Waals surface area (Å²) in [6.45, 7) is 7.08. The molecule has 0 spiro atoms. The molecule has 0 aliphatic rings. The molecule has 0 rings (SSSR count). The minimum Gasteiger partial charge on any atom is -0.480 e. The van der Waals surface area contributed by atoms with E-state index in [1.54, 1.807) is 27.7 Å². The van der Waals surface area contributed by atoms with Crippen molar-refractivity contribution in [3.05, 3.63) is 0 Å². The summed E-state index contributed by atoms with van der Waals surface area (Å²) in [7, 11) is 0. The quantitative estimate of drug-likeness (QED) is 0.138. The van der Waals surface area contributed by atoms with E-state index in [1.807, 2.05) is 0 Å². The fraction of sp³-hybridized carbons (Fsp3) is 0.750. The maximum absolute atomic E-state index is 12.9. The van der Waals surface area contributed by atoms with Gasteiger partial charge in [0, 0.05) is 0 Å². The van der Waals surface area contributed by atoms with Crippen molar-refractivity contribution in [3.63, 3.8) is 0 Å². The molecule has 0 bridgehead atoms. The number of rotatable bonds is 15. The fourth-order valence-corrected chi connectivity index (χ4v) is 2.90. The predicted octanol–water partition coefficient (Wildman–Crippen LogP) is -1.83. The Kier molecular flexibility index (Phi) is 13.1. The average Bonchev–Trinajstić information content (AvgIpc) is 2.67. The van der Waals surface area contributed by atoms with Gasteiger partial charge in [0.05, 0.1) is 12.5 Å². The second-order valence-electron chi connectivity index (χ2n) is 8.42. The number of carbonyl (C=O) groups is 5. The molecule has 0 aromatic heterocycles. The smallest absolute Gasteiger partial charge is 0.326 e. The number of carbonyl (C=O) groups excluding carboxylic acids is 4. The van der Waals surface area contributed by atoms with Gasteiger partial charge in [0.2, 0.25) is 23.6 Å². The molecule has 4 atom stereocenters. The maximum Gasteiger partial charge on any atom is 0.326 e. The molecule has 4 amide bonds. The minimum atomic E-state index is -1.22. The molecule has 32 heavy (non-hydrogen) atoms. The second-order valence-corrected chi connectivity index (χ2v) is 8.42. The number of hydrogen-bond acceptors (Lipinski definition) is 7. The van der Waals surface area contributed by atoms with Crippen LogP contribution in [0, 0.1) is 11.8 Å². The van der Waals surface area contributed by atoms with Crippen LogP contribution in [0.3, 0.4) is 0 Å². The zero-order valence-corrected chi connectivity index (χ0v) is 19.2. The summed E-state index contributed by atoms with van der Waals surface area (Å²) < 4.78 is 0. The molecule has 0 heterocycles. The number of carboxylic acids is 1. The van der Waals surface area contributed by atoms with Crippen LogP contribution in [0.4, 0.5) is 0 Å². The normalized spacial score (nSPS) is 14.9. The van der Waals surface area contributed by atoms with E-state index < -0.39 is 53.8 Å². The van der Waals surface area contributed by atoms with Crippen LogP contribution in [-0.4, -0.2) is 65.4 Å². The lowest BCUT2D eigenvalue weighted by molar-refractivity contribution is -0.143. The van der Waals surface area contributed by atoms with E-state index in [2.05, 4.69) is 16.0 Å². The van der Waals surface area contributed by atoms with Crippen molar-refractivity contribution in [1.29, 1.82) is 0 Å². The van der Waals surface area contributed by atoms with Gasteiger partial charge in [-0.15, -0.1) is 0 Å². The lowest BCUT2D eigenvalue weighted by Gasteiger charge is -2.27. The summed E-state index contributed by atoms with van der Waals surface area (Å²) in [6.07, 6.45) is 0.988. The van der Waals surface area contributed by atoms with E-state index in [0.717, 1.165) is 0 Å². The van der Waals surface area contributed by atoms with E-state index in [-0.39, 0.29) is 24.7 Å². The predicted molar refractivity (Wildman–Crippen MR) is 118 cm³/mol. The molecule has 184 valence electrons. The third-order valence-corrected chi connectivity index (χ3v) is 4.82. The summed E-state index contributed by atoms with van der Waals surface area (Å²) in [5, 5.41) is 16.9. The van der Waals surface area contributed by atoms with Crippen molar-refractivity contribution in [2.75, 3.05) is 6.54 Å². The lowest BCUT2D eigenvalue weighted by Crippen LogP contribution is -2.59. The summed E-state index contributed by atoms with van der Waals surface area (Å²) >= 11 is 0. The zero-order chi connectivity index (χ0) is 25.0. The molecule has 0 saturated heterocycles. The molecule has 10 N–H and O–H groups in total. The molecule has 0 aromatic carbocycles. The Labute approximate surface area is 188 Å². The van der Waals surface area contributed by atoms with Gasteiger partial charge in [0.1, 0.15) is 18.1 Å². The Bertz CT molecular complexity index is 669. The Balaban J connectivity index is 5.43.